The lowest BCUT2D eigenvalue weighted by Gasteiger charge is -2.24. The number of rotatable bonds is 5. The molecule has 3 nitrogen and oxygen atoms in total. The smallest absolute Gasteiger partial charge is 0.118 e. The molecule has 27 heavy (non-hydrogen) atoms. The monoisotopic (exact) mass is 356 g/mol. The summed E-state index contributed by atoms with van der Waals surface area (Å²) in [6.45, 7) is 2.18. The molecule has 1 aliphatic heterocycles. The highest BCUT2D eigenvalue weighted by atomic mass is 16.5. The zero-order valence-electron chi connectivity index (χ0n) is 15.8. The van der Waals surface area contributed by atoms with Gasteiger partial charge in [-0.1, -0.05) is 61.5 Å². The van der Waals surface area contributed by atoms with Crippen molar-refractivity contribution in [1.29, 1.82) is 0 Å². The molecule has 0 aromatic heterocycles. The zero-order valence-corrected chi connectivity index (χ0v) is 15.8. The molecular weight excluding hydrogens is 332 g/mol. The van der Waals surface area contributed by atoms with Gasteiger partial charge in [-0.2, -0.15) is 5.10 Å². The second-order valence-corrected chi connectivity index (χ2v) is 6.77. The predicted octanol–water partition coefficient (Wildman–Crippen LogP) is 5.61. The third-order valence-electron chi connectivity index (χ3n) is 5.13. The average molecular weight is 356 g/mol. The first kappa shape index (κ1) is 17.3. The molecule has 1 heterocycles. The minimum Gasteiger partial charge on any atom is -0.497 e. The summed E-state index contributed by atoms with van der Waals surface area (Å²) in [5.74, 6) is 0.874. The van der Waals surface area contributed by atoms with Crippen molar-refractivity contribution >= 4 is 11.4 Å². The van der Waals surface area contributed by atoms with E-state index in [-0.39, 0.29) is 6.04 Å². The van der Waals surface area contributed by atoms with Crippen molar-refractivity contribution in [1.82, 2.24) is 0 Å². The summed E-state index contributed by atoms with van der Waals surface area (Å²) < 4.78 is 5.31. The van der Waals surface area contributed by atoms with Gasteiger partial charge in [-0.3, -0.25) is 5.01 Å². The first-order chi connectivity index (χ1) is 13.3. The number of hydrogen-bond donors (Lipinski definition) is 0. The third-order valence-corrected chi connectivity index (χ3v) is 5.13. The molecule has 1 atom stereocenters. The lowest BCUT2D eigenvalue weighted by molar-refractivity contribution is 0.414. The van der Waals surface area contributed by atoms with E-state index >= 15 is 0 Å². The highest BCUT2D eigenvalue weighted by Crippen LogP contribution is 2.37. The fourth-order valence-electron chi connectivity index (χ4n) is 3.52. The van der Waals surface area contributed by atoms with Gasteiger partial charge in [0.25, 0.3) is 0 Å². The lowest BCUT2D eigenvalue weighted by atomic mass is 9.97. The first-order valence-electron chi connectivity index (χ1n) is 9.43. The van der Waals surface area contributed by atoms with Crippen molar-refractivity contribution in [3.63, 3.8) is 0 Å². The number of nitrogens with zero attached hydrogens (tertiary/aromatic N) is 2. The molecule has 0 saturated carbocycles. The van der Waals surface area contributed by atoms with Crippen LogP contribution in [-0.2, 0) is 6.42 Å². The van der Waals surface area contributed by atoms with Gasteiger partial charge in [-0.15, -0.1) is 0 Å². The molecule has 3 aromatic rings. The van der Waals surface area contributed by atoms with Crippen molar-refractivity contribution in [2.75, 3.05) is 12.1 Å². The molecule has 0 fully saturated rings. The number of hydrazone groups is 1. The number of hydrogen-bond acceptors (Lipinski definition) is 3. The van der Waals surface area contributed by atoms with Gasteiger partial charge in [0.15, 0.2) is 0 Å². The van der Waals surface area contributed by atoms with Crippen LogP contribution in [0, 0.1) is 0 Å². The van der Waals surface area contributed by atoms with E-state index in [1.165, 1.54) is 16.7 Å². The Hall–Kier alpha value is -3.07. The van der Waals surface area contributed by atoms with Crippen molar-refractivity contribution in [3.05, 3.63) is 95.6 Å². The van der Waals surface area contributed by atoms with Crippen LogP contribution in [0.2, 0.25) is 0 Å². The summed E-state index contributed by atoms with van der Waals surface area (Å²) in [6.07, 6.45) is 1.93. The van der Waals surface area contributed by atoms with Crippen LogP contribution in [0.3, 0.4) is 0 Å². The maximum atomic E-state index is 5.31. The Morgan fingerprint density at radius 3 is 2.26 bits per heavy atom. The number of methoxy groups -OCH3 is 1. The maximum absolute atomic E-state index is 5.31. The van der Waals surface area contributed by atoms with Crippen molar-refractivity contribution in [2.45, 2.75) is 25.8 Å². The first-order valence-corrected chi connectivity index (χ1v) is 9.43. The fourth-order valence-corrected chi connectivity index (χ4v) is 3.52. The molecule has 1 aliphatic rings. The molecule has 0 amide bonds. The van der Waals surface area contributed by atoms with Gasteiger partial charge in [0.2, 0.25) is 0 Å². The number of benzene rings is 3. The molecule has 3 aromatic carbocycles. The Labute approximate surface area is 160 Å². The standard InChI is InChI=1S/C24H24N2O/c1-3-18-9-11-19(12-10-18)23-17-24(20-13-15-22(27-2)16-14-20)26(25-23)21-7-5-4-6-8-21/h4-16,24H,3,17H2,1-2H3/t24-/m0/s1. The van der Waals surface area contributed by atoms with Gasteiger partial charge < -0.3 is 4.74 Å². The van der Waals surface area contributed by atoms with Crippen LogP contribution < -0.4 is 9.75 Å². The van der Waals surface area contributed by atoms with Gasteiger partial charge in [0.1, 0.15) is 5.75 Å². The minimum atomic E-state index is 0.180. The summed E-state index contributed by atoms with van der Waals surface area (Å²) in [4.78, 5) is 0. The number of aryl methyl sites for hydroxylation is 1. The second-order valence-electron chi connectivity index (χ2n) is 6.77. The lowest BCUT2D eigenvalue weighted by Crippen LogP contribution is -2.18. The molecule has 0 bridgehead atoms. The summed E-state index contributed by atoms with van der Waals surface area (Å²) in [6, 6.07) is 27.7. The van der Waals surface area contributed by atoms with E-state index in [4.69, 9.17) is 9.84 Å². The molecule has 3 heteroatoms. The summed E-state index contributed by atoms with van der Waals surface area (Å²) in [7, 11) is 1.70. The van der Waals surface area contributed by atoms with Crippen LogP contribution in [0.5, 0.6) is 5.75 Å². The van der Waals surface area contributed by atoms with E-state index in [9.17, 15) is 0 Å². The van der Waals surface area contributed by atoms with E-state index in [1.54, 1.807) is 7.11 Å². The zero-order chi connectivity index (χ0) is 18.6. The van der Waals surface area contributed by atoms with Crippen molar-refractivity contribution in [3.8, 4) is 5.75 Å². The van der Waals surface area contributed by atoms with Gasteiger partial charge >= 0.3 is 0 Å². The predicted molar refractivity (Wildman–Crippen MR) is 112 cm³/mol. The largest absolute Gasteiger partial charge is 0.497 e. The molecule has 0 radical (unpaired) electrons. The third kappa shape index (κ3) is 3.59. The summed E-state index contributed by atoms with van der Waals surface area (Å²) >= 11 is 0. The Morgan fingerprint density at radius 1 is 0.926 bits per heavy atom. The Bertz CT molecular complexity index is 915. The maximum Gasteiger partial charge on any atom is 0.118 e. The molecule has 0 spiro atoms. The highest BCUT2D eigenvalue weighted by molar-refractivity contribution is 6.03. The van der Waals surface area contributed by atoms with E-state index < -0.39 is 0 Å². The van der Waals surface area contributed by atoms with Crippen LogP contribution in [0.4, 0.5) is 5.69 Å². The van der Waals surface area contributed by atoms with Crippen LogP contribution in [0.25, 0.3) is 0 Å². The molecule has 0 N–H and O–H groups in total. The van der Waals surface area contributed by atoms with E-state index in [0.29, 0.717) is 0 Å². The molecule has 0 unspecified atom stereocenters. The molecular formula is C24H24N2O. The van der Waals surface area contributed by atoms with E-state index in [0.717, 1.165) is 30.0 Å². The second kappa shape index (κ2) is 7.67. The molecule has 136 valence electrons. The molecule has 0 aliphatic carbocycles. The average Bonchev–Trinajstić information content (AvgIpc) is 3.20. The van der Waals surface area contributed by atoms with Gasteiger partial charge in [0, 0.05) is 6.42 Å². The van der Waals surface area contributed by atoms with Gasteiger partial charge in [-0.05, 0) is 47.4 Å². The summed E-state index contributed by atoms with van der Waals surface area (Å²) in [5, 5.41) is 7.15. The number of ether oxygens (including phenoxy) is 1. The van der Waals surface area contributed by atoms with Crippen LogP contribution in [0.1, 0.15) is 36.1 Å². The molecule has 0 saturated heterocycles. The number of anilines is 1. The summed E-state index contributed by atoms with van der Waals surface area (Å²) in [5.41, 5.74) is 6.03. The highest BCUT2D eigenvalue weighted by Gasteiger charge is 2.29. The van der Waals surface area contributed by atoms with Crippen molar-refractivity contribution in [2.24, 2.45) is 5.10 Å². The Balaban J connectivity index is 1.69. The Kier molecular flexibility index (Phi) is 4.93. The van der Waals surface area contributed by atoms with Gasteiger partial charge in [0.05, 0.1) is 24.6 Å². The quantitative estimate of drug-likeness (QED) is 0.593. The van der Waals surface area contributed by atoms with Crippen LogP contribution in [-0.4, -0.2) is 12.8 Å². The molecule has 4 rings (SSSR count). The van der Waals surface area contributed by atoms with Crippen LogP contribution in [0.15, 0.2) is 84.0 Å². The van der Waals surface area contributed by atoms with E-state index in [1.807, 2.05) is 18.2 Å². The van der Waals surface area contributed by atoms with Gasteiger partial charge in [-0.25, -0.2) is 0 Å². The van der Waals surface area contributed by atoms with Crippen molar-refractivity contribution < 1.29 is 4.74 Å². The minimum absolute atomic E-state index is 0.180. The number of para-hydroxylation sites is 1. The van der Waals surface area contributed by atoms with E-state index in [2.05, 4.69) is 72.6 Å². The Morgan fingerprint density at radius 2 is 1.63 bits per heavy atom. The topological polar surface area (TPSA) is 24.8 Å². The SMILES string of the molecule is CCc1ccc(C2=NN(c3ccccc3)[C@H](c3ccc(OC)cc3)C2)cc1. The fraction of sp³-hybridized carbons (Fsp3) is 0.208. The normalized spacial score (nSPS) is 16.3. The van der Waals surface area contributed by atoms with Crippen LogP contribution >= 0.6 is 0 Å².